The lowest BCUT2D eigenvalue weighted by Gasteiger charge is -2.05. The van der Waals surface area contributed by atoms with Gasteiger partial charge in [-0.05, 0) is 54.6 Å². The number of aromatic amines is 1. The van der Waals surface area contributed by atoms with Crippen molar-refractivity contribution in [2.45, 2.75) is 25.4 Å². The zero-order valence-electron chi connectivity index (χ0n) is 14.1. The first kappa shape index (κ1) is 18.3. The van der Waals surface area contributed by atoms with E-state index >= 15 is 0 Å². The molecule has 26 heavy (non-hydrogen) atoms. The molecular weight excluding hydrogens is 374 g/mol. The Morgan fingerprint density at radius 3 is 2.88 bits per heavy atom. The van der Waals surface area contributed by atoms with E-state index in [1.807, 2.05) is 19.9 Å². The molecule has 0 aliphatic rings. The van der Waals surface area contributed by atoms with Crippen molar-refractivity contribution in [1.29, 1.82) is 0 Å². The first-order chi connectivity index (χ1) is 12.5. The van der Waals surface area contributed by atoms with Gasteiger partial charge in [-0.3, -0.25) is 5.10 Å². The Kier molecular flexibility index (Phi) is 5.49. The van der Waals surface area contributed by atoms with Crippen LogP contribution in [-0.4, -0.2) is 21.2 Å². The standard InChI is InChI=1S/C18H16ClN3O3S/c1-3-16-20-18(22-21-16)26-15(17(23)24)9-12-6-7-14(25-12)13-8-11(19)5-4-10(13)2/h4-9H,3H2,1-2H3,(H,23,24)(H,20,21,22)/p-1/b15-9+. The second-order valence-corrected chi connectivity index (χ2v) is 6.92. The van der Waals surface area contributed by atoms with Gasteiger partial charge >= 0.3 is 0 Å². The number of thioether (sulfide) groups is 1. The molecule has 0 bridgehead atoms. The van der Waals surface area contributed by atoms with Crippen molar-refractivity contribution in [3.63, 3.8) is 0 Å². The van der Waals surface area contributed by atoms with Crippen molar-refractivity contribution in [2.75, 3.05) is 0 Å². The van der Waals surface area contributed by atoms with Gasteiger partial charge in [0.15, 0.2) is 0 Å². The molecule has 3 rings (SSSR count). The number of furan rings is 1. The van der Waals surface area contributed by atoms with Gasteiger partial charge < -0.3 is 14.3 Å². The first-order valence-electron chi connectivity index (χ1n) is 7.84. The van der Waals surface area contributed by atoms with E-state index in [1.54, 1.807) is 24.3 Å². The number of nitrogens with zero attached hydrogens (tertiary/aromatic N) is 2. The lowest BCUT2D eigenvalue weighted by atomic mass is 10.1. The van der Waals surface area contributed by atoms with Gasteiger partial charge in [0.25, 0.3) is 0 Å². The minimum Gasteiger partial charge on any atom is -0.544 e. The average molecular weight is 389 g/mol. The van der Waals surface area contributed by atoms with Crippen molar-refractivity contribution >= 4 is 35.4 Å². The van der Waals surface area contributed by atoms with Crippen LogP contribution in [0.5, 0.6) is 0 Å². The fraction of sp³-hybridized carbons (Fsp3) is 0.167. The van der Waals surface area contributed by atoms with Crippen molar-refractivity contribution in [3.8, 4) is 11.3 Å². The Balaban J connectivity index is 1.88. The van der Waals surface area contributed by atoms with E-state index in [9.17, 15) is 9.90 Å². The van der Waals surface area contributed by atoms with E-state index < -0.39 is 5.97 Å². The molecule has 1 N–H and O–H groups in total. The predicted octanol–water partition coefficient (Wildman–Crippen LogP) is 3.47. The summed E-state index contributed by atoms with van der Waals surface area (Å²) in [7, 11) is 0. The molecular formula is C18H15ClN3O3S-. The number of hydrogen-bond donors (Lipinski definition) is 1. The van der Waals surface area contributed by atoms with Crippen LogP contribution in [0.4, 0.5) is 0 Å². The molecule has 0 unspecified atom stereocenters. The predicted molar refractivity (Wildman–Crippen MR) is 98.5 cm³/mol. The minimum absolute atomic E-state index is 0.0460. The Morgan fingerprint density at radius 2 is 2.19 bits per heavy atom. The van der Waals surface area contributed by atoms with E-state index in [0.717, 1.165) is 22.9 Å². The highest BCUT2D eigenvalue weighted by Crippen LogP contribution is 2.30. The molecule has 0 aliphatic heterocycles. The van der Waals surface area contributed by atoms with E-state index in [-0.39, 0.29) is 4.91 Å². The number of hydrogen-bond acceptors (Lipinski definition) is 6. The molecule has 2 aromatic heterocycles. The first-order valence-corrected chi connectivity index (χ1v) is 9.04. The summed E-state index contributed by atoms with van der Waals surface area (Å²) in [6, 6.07) is 8.96. The summed E-state index contributed by atoms with van der Waals surface area (Å²) >= 11 is 6.95. The zero-order chi connectivity index (χ0) is 18.7. The molecule has 8 heteroatoms. The third kappa shape index (κ3) is 4.17. The molecule has 1 aromatic carbocycles. The highest BCUT2D eigenvalue weighted by atomic mass is 35.5. The summed E-state index contributed by atoms with van der Waals surface area (Å²) in [5, 5.41) is 19.1. The monoisotopic (exact) mass is 388 g/mol. The van der Waals surface area contributed by atoms with E-state index in [4.69, 9.17) is 16.0 Å². The Bertz CT molecular complexity index is 978. The number of aliphatic carboxylic acids is 1. The van der Waals surface area contributed by atoms with E-state index in [0.29, 0.717) is 33.9 Å². The van der Waals surface area contributed by atoms with Crippen LogP contribution in [0.1, 0.15) is 24.1 Å². The van der Waals surface area contributed by atoms with Crippen LogP contribution in [0.2, 0.25) is 5.02 Å². The normalized spacial score (nSPS) is 11.7. The number of benzene rings is 1. The third-order valence-corrected chi connectivity index (χ3v) is 4.72. The number of carbonyl (C=O) groups excluding carboxylic acids is 1. The molecule has 0 fully saturated rings. The van der Waals surface area contributed by atoms with Crippen LogP contribution in [0, 0.1) is 6.92 Å². The van der Waals surface area contributed by atoms with Crippen LogP contribution in [0.25, 0.3) is 17.4 Å². The minimum atomic E-state index is -1.32. The quantitative estimate of drug-likeness (QED) is 0.513. The zero-order valence-corrected chi connectivity index (χ0v) is 15.6. The van der Waals surface area contributed by atoms with Crippen molar-refractivity contribution in [1.82, 2.24) is 15.2 Å². The van der Waals surface area contributed by atoms with Gasteiger partial charge in [-0.1, -0.05) is 24.6 Å². The summed E-state index contributed by atoms with van der Waals surface area (Å²) in [4.78, 5) is 15.6. The average Bonchev–Trinajstić information content (AvgIpc) is 3.25. The van der Waals surface area contributed by atoms with Crippen molar-refractivity contribution in [3.05, 3.63) is 57.4 Å². The highest BCUT2D eigenvalue weighted by Gasteiger charge is 2.11. The number of aromatic nitrogens is 3. The number of carboxylic acid groups (broad SMARTS) is 1. The van der Waals surface area contributed by atoms with Crippen molar-refractivity contribution < 1.29 is 14.3 Å². The smallest absolute Gasteiger partial charge is 0.213 e. The molecule has 0 spiro atoms. The third-order valence-electron chi connectivity index (χ3n) is 3.61. The summed E-state index contributed by atoms with van der Waals surface area (Å²) in [5.41, 5.74) is 1.85. The fourth-order valence-corrected chi connectivity index (χ4v) is 3.15. The summed E-state index contributed by atoms with van der Waals surface area (Å²) in [6.07, 6.45) is 2.07. The molecule has 0 radical (unpaired) electrons. The molecule has 6 nitrogen and oxygen atoms in total. The molecule has 0 aliphatic carbocycles. The van der Waals surface area contributed by atoms with Gasteiger partial charge in [-0.25, -0.2) is 4.98 Å². The van der Waals surface area contributed by atoms with Gasteiger partial charge in [-0.2, -0.15) is 0 Å². The topological polar surface area (TPSA) is 94.8 Å². The molecule has 0 amide bonds. The molecule has 0 saturated heterocycles. The van der Waals surface area contributed by atoms with Crippen LogP contribution in [0.3, 0.4) is 0 Å². The fourth-order valence-electron chi connectivity index (χ4n) is 2.27. The number of H-pyrrole nitrogens is 1. The van der Waals surface area contributed by atoms with Crippen LogP contribution in [0.15, 0.2) is 44.8 Å². The van der Waals surface area contributed by atoms with E-state index in [2.05, 4.69) is 15.2 Å². The second-order valence-electron chi connectivity index (χ2n) is 5.48. The van der Waals surface area contributed by atoms with E-state index in [1.165, 1.54) is 6.08 Å². The van der Waals surface area contributed by atoms with Gasteiger partial charge in [0, 0.05) is 21.9 Å². The van der Waals surface area contributed by atoms with Gasteiger partial charge in [0.2, 0.25) is 5.16 Å². The van der Waals surface area contributed by atoms with Crippen LogP contribution < -0.4 is 5.11 Å². The number of halogens is 1. The maximum atomic E-state index is 11.4. The van der Waals surface area contributed by atoms with Gasteiger partial charge in [0.1, 0.15) is 17.3 Å². The summed E-state index contributed by atoms with van der Waals surface area (Å²) in [5.74, 6) is 0.346. The maximum absolute atomic E-state index is 11.4. The molecule has 0 saturated carbocycles. The van der Waals surface area contributed by atoms with Gasteiger partial charge in [0.05, 0.1) is 5.97 Å². The number of rotatable bonds is 6. The molecule has 2 heterocycles. The summed E-state index contributed by atoms with van der Waals surface area (Å²) in [6.45, 7) is 3.87. The Labute approximate surface area is 159 Å². The van der Waals surface area contributed by atoms with Crippen molar-refractivity contribution in [2.24, 2.45) is 0 Å². The largest absolute Gasteiger partial charge is 0.544 e. The number of nitrogens with one attached hydrogen (secondary N) is 1. The molecule has 134 valence electrons. The lowest BCUT2D eigenvalue weighted by molar-refractivity contribution is -0.298. The SMILES string of the molecule is CCc1nc(S/C(=C/c2ccc(-c3cc(Cl)ccc3C)o2)C(=O)[O-])n[nH]1. The maximum Gasteiger partial charge on any atom is 0.213 e. The van der Waals surface area contributed by atoms with Crippen LogP contribution >= 0.6 is 23.4 Å². The number of carbonyl (C=O) groups is 1. The van der Waals surface area contributed by atoms with Gasteiger partial charge in [-0.15, -0.1) is 5.10 Å². The lowest BCUT2D eigenvalue weighted by Crippen LogP contribution is -2.23. The number of carboxylic acids is 1. The van der Waals surface area contributed by atoms with Crippen LogP contribution in [-0.2, 0) is 11.2 Å². The molecule has 0 atom stereocenters. The summed E-state index contributed by atoms with van der Waals surface area (Å²) < 4.78 is 5.76. The number of aryl methyl sites for hydroxylation is 2. The highest BCUT2D eigenvalue weighted by molar-refractivity contribution is 8.04. The Hall–Kier alpha value is -2.51. The second kappa shape index (κ2) is 7.80. The molecule has 3 aromatic rings. The Morgan fingerprint density at radius 1 is 1.38 bits per heavy atom.